The second-order valence-corrected chi connectivity index (χ2v) is 19.0. The van der Waals surface area contributed by atoms with Crippen molar-refractivity contribution in [1.82, 2.24) is 0 Å². The smallest absolute Gasteiger partial charge is 0.324 e. The molecule has 0 saturated carbocycles. The third kappa shape index (κ3) is 23.3. The average molecular weight is 824 g/mol. The molecule has 3 aromatic carbocycles. The van der Waals surface area contributed by atoms with Crippen molar-refractivity contribution in [2.24, 2.45) is 0 Å². The van der Waals surface area contributed by atoms with Gasteiger partial charge in [0.1, 0.15) is 0 Å². The zero-order valence-electron chi connectivity index (χ0n) is 26.0. The molecule has 18 nitrogen and oxygen atoms in total. The molecule has 0 aliphatic carbocycles. The summed E-state index contributed by atoms with van der Waals surface area (Å²) in [4.78, 5) is 103. The Morgan fingerprint density at radius 1 is 0.600 bits per heavy atom. The Balaban J connectivity index is 0. The van der Waals surface area contributed by atoms with Gasteiger partial charge in [0.15, 0.2) is 0 Å². The van der Waals surface area contributed by atoms with Crippen LogP contribution >= 0.6 is 45.6 Å². The van der Waals surface area contributed by atoms with Crippen molar-refractivity contribution in [3.8, 4) is 11.1 Å². The summed E-state index contributed by atoms with van der Waals surface area (Å²) in [6.07, 6.45) is 0.966. The first kappa shape index (κ1) is 49.9. The van der Waals surface area contributed by atoms with Gasteiger partial charge in [0.05, 0.1) is 22.1 Å². The highest BCUT2D eigenvalue weighted by Gasteiger charge is 2.33. The Morgan fingerprint density at radius 2 is 1.00 bits per heavy atom. The molecule has 0 aliphatic heterocycles. The first-order valence-corrected chi connectivity index (χ1v) is 22.8. The van der Waals surface area contributed by atoms with Gasteiger partial charge in [0.25, 0.3) is 0 Å². The molecule has 3 aromatic rings. The summed E-state index contributed by atoms with van der Waals surface area (Å²) in [5.41, 5.74) is 0.584. The largest absolute Gasteiger partial charge is 0.357 e. The van der Waals surface area contributed by atoms with E-state index in [1.807, 2.05) is 0 Å². The van der Waals surface area contributed by atoms with Crippen LogP contribution in [-0.2, 0) is 27.4 Å². The van der Waals surface area contributed by atoms with Gasteiger partial charge in [-0.15, -0.1) is 6.58 Å². The van der Waals surface area contributed by atoms with Crippen LogP contribution in [0.1, 0.15) is 6.92 Å². The van der Waals surface area contributed by atoms with E-state index in [-0.39, 0.29) is 22.3 Å². The molecule has 0 radical (unpaired) electrons. The molecule has 0 bridgehead atoms. The predicted molar refractivity (Wildman–Crippen MR) is 190 cm³/mol. The number of benzene rings is 3. The maximum absolute atomic E-state index is 11.6. The highest BCUT2D eigenvalue weighted by Crippen LogP contribution is 2.44. The Hall–Kier alpha value is -2.22. The lowest BCUT2D eigenvalue weighted by Crippen LogP contribution is -2.27. The van der Waals surface area contributed by atoms with Crippen LogP contribution in [-0.4, -0.2) is 64.9 Å². The number of rotatable bonds is 8. The van der Waals surface area contributed by atoms with E-state index in [2.05, 4.69) is 19.7 Å². The SMILES string of the molecule is C=C(C)P(=O)(O)O.C=CCP(=O)(O)O.C=CP(=O)(O)O.O=P(O)(O)c1cccc(-c2ccccc2)c1P(=O)(O)O.O=P(O)(O)c1ccccc1. The normalized spacial score (nSPS) is 11.7. The van der Waals surface area contributed by atoms with Crippen LogP contribution in [0.15, 0.2) is 116 Å². The Labute approximate surface area is 287 Å². The summed E-state index contributed by atoms with van der Waals surface area (Å²) in [6.45, 7) is 10.4. The summed E-state index contributed by atoms with van der Waals surface area (Å²) < 4.78 is 63.0. The van der Waals surface area contributed by atoms with E-state index < -0.39 is 56.2 Å². The van der Waals surface area contributed by atoms with Crippen LogP contribution in [0.5, 0.6) is 0 Å². The molecule has 0 aliphatic rings. The van der Waals surface area contributed by atoms with Crippen LogP contribution in [0.4, 0.5) is 0 Å². The molecule has 0 fully saturated rings. The molecule has 0 amide bonds. The Kier molecular flexibility index (Phi) is 21.3. The third-order valence-electron chi connectivity index (χ3n) is 4.90. The molecule has 24 heteroatoms. The first-order valence-electron chi connectivity index (χ1n) is 12.9. The molecule has 280 valence electrons. The minimum absolute atomic E-state index is 0.0648. The van der Waals surface area contributed by atoms with E-state index >= 15 is 0 Å². The molecule has 3 rings (SSSR count). The van der Waals surface area contributed by atoms with E-state index in [0.717, 1.165) is 6.07 Å². The molecular formula is C26H38O18P6. The lowest BCUT2D eigenvalue weighted by atomic mass is 10.1. The van der Waals surface area contributed by atoms with Gasteiger partial charge in [-0.1, -0.05) is 79.9 Å². The molecule has 0 unspecified atom stereocenters. The number of allylic oxidation sites excluding steroid dienone is 2. The second-order valence-electron chi connectivity index (χ2n) is 9.19. The van der Waals surface area contributed by atoms with E-state index in [1.165, 1.54) is 37.3 Å². The van der Waals surface area contributed by atoms with Gasteiger partial charge in [-0.2, -0.15) is 0 Å². The van der Waals surface area contributed by atoms with E-state index in [4.69, 9.17) is 39.1 Å². The lowest BCUT2D eigenvalue weighted by molar-refractivity contribution is 0.376. The Bertz CT molecular complexity index is 1830. The minimum Gasteiger partial charge on any atom is -0.324 e. The summed E-state index contributed by atoms with van der Waals surface area (Å²) in [6, 6.07) is 19.8. The standard InChI is InChI=1S/C12H12O6P2.C6H7O3P.2C3H7O3P.C2H5O3P/c13-19(14,15)11-8-4-7-10(12(11)20(16,17)18)9-5-2-1-3-6-9;7-10(8,9)6-4-2-1-3-5-6;1-3(2)7(4,5)6;1-2-3-7(4,5)6;1-2-6(3,4)5/h1-8H,(H2,13,14,15)(H2,16,17,18);1-5H,(H2,7,8,9);1H2,2H3,(H2,4,5,6);2H,1,3H2,(H2,4,5,6);2H,1H2,(H2,3,4,5). The Morgan fingerprint density at radius 3 is 1.24 bits per heavy atom. The summed E-state index contributed by atoms with van der Waals surface area (Å²) in [5, 5.41) is -1.30. The highest BCUT2D eigenvalue weighted by molar-refractivity contribution is 7.67. The van der Waals surface area contributed by atoms with Gasteiger partial charge in [-0.3, -0.25) is 27.4 Å². The molecule has 12 N–H and O–H groups in total. The monoisotopic (exact) mass is 824 g/mol. The van der Waals surface area contributed by atoms with Crippen LogP contribution in [0.2, 0.25) is 0 Å². The predicted octanol–water partition coefficient (Wildman–Crippen LogP) is 2.80. The van der Waals surface area contributed by atoms with Crippen molar-refractivity contribution in [2.45, 2.75) is 6.92 Å². The fourth-order valence-corrected chi connectivity index (χ4v) is 5.96. The number of hydrogen-bond acceptors (Lipinski definition) is 6. The lowest BCUT2D eigenvalue weighted by Gasteiger charge is -2.16. The fraction of sp³-hybridized carbons (Fsp3) is 0.0769. The minimum atomic E-state index is -4.85. The quantitative estimate of drug-likeness (QED) is 0.115. The summed E-state index contributed by atoms with van der Waals surface area (Å²) in [5.74, 6) is 0.604. The molecule has 0 saturated heterocycles. The van der Waals surface area contributed by atoms with Crippen molar-refractivity contribution < 1.29 is 86.1 Å². The average Bonchev–Trinajstić information content (AvgIpc) is 2.96. The van der Waals surface area contributed by atoms with Crippen LogP contribution in [0.25, 0.3) is 11.1 Å². The zero-order valence-corrected chi connectivity index (χ0v) is 31.4. The van der Waals surface area contributed by atoms with Crippen molar-refractivity contribution in [1.29, 1.82) is 0 Å². The molecule has 0 aromatic heterocycles. The van der Waals surface area contributed by atoms with Gasteiger partial charge in [0.2, 0.25) is 0 Å². The maximum Gasteiger partial charge on any atom is 0.357 e. The van der Waals surface area contributed by atoms with Gasteiger partial charge in [0, 0.05) is 11.1 Å². The topological polar surface area (TPSA) is 345 Å². The maximum atomic E-state index is 11.6. The number of hydrogen-bond donors (Lipinski definition) is 12. The molecule has 0 spiro atoms. The van der Waals surface area contributed by atoms with Crippen molar-refractivity contribution in [2.75, 3.05) is 6.16 Å². The van der Waals surface area contributed by atoms with E-state index in [1.54, 1.807) is 48.5 Å². The zero-order chi connectivity index (χ0) is 39.8. The summed E-state index contributed by atoms with van der Waals surface area (Å²) in [7, 11) is -25.3. The van der Waals surface area contributed by atoms with Gasteiger partial charge >= 0.3 is 45.6 Å². The fourth-order valence-electron chi connectivity index (χ4n) is 2.71. The first-order chi connectivity index (χ1) is 22.4. The molecular weight excluding hydrogens is 786 g/mol. The van der Waals surface area contributed by atoms with Crippen molar-refractivity contribution in [3.63, 3.8) is 0 Å². The van der Waals surface area contributed by atoms with Crippen molar-refractivity contribution >= 4 is 61.5 Å². The van der Waals surface area contributed by atoms with E-state index in [0.29, 0.717) is 11.4 Å². The second kappa shape index (κ2) is 21.3. The van der Waals surface area contributed by atoms with Crippen LogP contribution in [0, 0.1) is 0 Å². The third-order valence-corrected chi connectivity index (χ3v) is 10.3. The highest BCUT2D eigenvalue weighted by atomic mass is 31.2. The van der Waals surface area contributed by atoms with Crippen LogP contribution < -0.4 is 15.9 Å². The van der Waals surface area contributed by atoms with Gasteiger partial charge in [-0.05, 0) is 36.2 Å². The van der Waals surface area contributed by atoms with Crippen molar-refractivity contribution in [3.05, 3.63) is 116 Å². The molecule has 50 heavy (non-hydrogen) atoms. The summed E-state index contributed by atoms with van der Waals surface area (Å²) >= 11 is 0. The van der Waals surface area contributed by atoms with Gasteiger partial charge < -0.3 is 58.7 Å². The molecule has 0 atom stereocenters. The van der Waals surface area contributed by atoms with Crippen LogP contribution in [0.3, 0.4) is 0 Å². The van der Waals surface area contributed by atoms with E-state index in [9.17, 15) is 47.0 Å². The molecule has 0 heterocycles. The van der Waals surface area contributed by atoms with Gasteiger partial charge in [-0.25, -0.2) is 0 Å².